The fourth-order valence-electron chi connectivity index (χ4n) is 3.09. The van der Waals surface area contributed by atoms with E-state index in [4.69, 9.17) is 4.99 Å². The highest BCUT2D eigenvalue weighted by molar-refractivity contribution is 8.14. The summed E-state index contributed by atoms with van der Waals surface area (Å²) in [5.74, 6) is 0.734. The number of aliphatic imine (C=N–C) groups is 1. The molecule has 0 radical (unpaired) electrons. The summed E-state index contributed by atoms with van der Waals surface area (Å²) in [5.41, 5.74) is 0.904. The van der Waals surface area contributed by atoms with Gasteiger partial charge in [0.1, 0.15) is 0 Å². The van der Waals surface area contributed by atoms with E-state index in [-0.39, 0.29) is 0 Å². The van der Waals surface area contributed by atoms with Gasteiger partial charge >= 0.3 is 0 Å². The zero-order chi connectivity index (χ0) is 12.8. The number of hydrogen-bond donors (Lipinski definition) is 1. The van der Waals surface area contributed by atoms with Crippen LogP contribution in [-0.2, 0) is 0 Å². The Morgan fingerprint density at radius 2 is 1.82 bits per heavy atom. The molecule has 2 atom stereocenters. The van der Waals surface area contributed by atoms with Crippen LogP contribution >= 0.6 is 11.8 Å². The Morgan fingerprint density at radius 1 is 1.24 bits per heavy atom. The standard InChI is InChI=1S/C14H26N2S/c1-9-7-10(2)17-12(16-9)15-8-11-13(3,4)14(11,5)6/h9-11H,7-8H2,1-6H3,(H,15,16). The third kappa shape index (κ3) is 2.35. The van der Waals surface area contributed by atoms with Crippen LogP contribution in [0.2, 0.25) is 0 Å². The number of nitrogens with one attached hydrogen (secondary N) is 1. The van der Waals surface area contributed by atoms with Crippen LogP contribution in [0.1, 0.15) is 48.0 Å². The molecule has 2 aliphatic rings. The molecule has 0 aromatic rings. The molecule has 0 bridgehead atoms. The molecule has 17 heavy (non-hydrogen) atoms. The normalized spacial score (nSPS) is 37.9. The molecule has 1 N–H and O–H groups in total. The van der Waals surface area contributed by atoms with Crippen molar-refractivity contribution < 1.29 is 0 Å². The Bertz CT molecular complexity index is 307. The SMILES string of the molecule is CC1CC(C)SC(=NCC2C(C)(C)C2(C)C)N1. The summed E-state index contributed by atoms with van der Waals surface area (Å²) in [6.07, 6.45) is 1.24. The van der Waals surface area contributed by atoms with Gasteiger partial charge in [-0.25, -0.2) is 0 Å². The second-order valence-electron chi connectivity index (χ2n) is 6.85. The summed E-state index contributed by atoms with van der Waals surface area (Å²) in [6.45, 7) is 15.0. The van der Waals surface area contributed by atoms with Crippen molar-refractivity contribution in [1.29, 1.82) is 0 Å². The Hall–Kier alpha value is -0.180. The second kappa shape index (κ2) is 4.18. The van der Waals surface area contributed by atoms with Gasteiger partial charge in [-0.15, -0.1) is 0 Å². The van der Waals surface area contributed by atoms with Gasteiger partial charge in [-0.2, -0.15) is 0 Å². The Balaban J connectivity index is 1.94. The van der Waals surface area contributed by atoms with Gasteiger partial charge in [0.15, 0.2) is 5.17 Å². The second-order valence-corrected chi connectivity index (χ2v) is 8.28. The van der Waals surface area contributed by atoms with E-state index < -0.39 is 0 Å². The van der Waals surface area contributed by atoms with E-state index in [2.05, 4.69) is 46.9 Å². The minimum absolute atomic E-state index is 0.452. The molecule has 3 heteroatoms. The number of hydrogen-bond acceptors (Lipinski definition) is 2. The molecular weight excluding hydrogens is 228 g/mol. The van der Waals surface area contributed by atoms with Crippen molar-refractivity contribution in [3.05, 3.63) is 0 Å². The molecule has 1 saturated carbocycles. The molecular formula is C14H26N2S. The average Bonchev–Trinajstić information content (AvgIpc) is 2.53. The van der Waals surface area contributed by atoms with E-state index in [1.165, 1.54) is 6.42 Å². The first-order valence-electron chi connectivity index (χ1n) is 6.73. The first-order chi connectivity index (χ1) is 7.75. The van der Waals surface area contributed by atoms with Crippen molar-refractivity contribution in [1.82, 2.24) is 5.32 Å². The van der Waals surface area contributed by atoms with Crippen LogP contribution in [0.4, 0.5) is 0 Å². The highest BCUT2D eigenvalue weighted by Gasteiger charge is 2.64. The highest BCUT2D eigenvalue weighted by atomic mass is 32.2. The number of amidine groups is 1. The van der Waals surface area contributed by atoms with E-state index in [1.807, 2.05) is 11.8 Å². The molecule has 0 aromatic carbocycles. The zero-order valence-corrected chi connectivity index (χ0v) is 12.8. The van der Waals surface area contributed by atoms with Crippen molar-refractivity contribution >= 4 is 16.9 Å². The van der Waals surface area contributed by atoms with E-state index in [0.717, 1.165) is 17.6 Å². The summed E-state index contributed by atoms with van der Waals surface area (Å²) in [5, 5.41) is 5.36. The van der Waals surface area contributed by atoms with Gasteiger partial charge in [-0.05, 0) is 30.1 Å². The number of rotatable bonds is 2. The first kappa shape index (κ1) is 13.3. The Kier molecular flexibility index (Phi) is 3.26. The highest BCUT2D eigenvalue weighted by Crippen LogP contribution is 2.68. The maximum atomic E-state index is 4.81. The summed E-state index contributed by atoms with van der Waals surface area (Å²) < 4.78 is 0. The maximum absolute atomic E-state index is 4.81. The lowest BCUT2D eigenvalue weighted by Gasteiger charge is -2.26. The molecule has 0 amide bonds. The summed E-state index contributed by atoms with van der Waals surface area (Å²) in [6, 6.07) is 0.574. The van der Waals surface area contributed by atoms with Crippen LogP contribution in [-0.4, -0.2) is 23.0 Å². The van der Waals surface area contributed by atoms with Crippen LogP contribution in [0.15, 0.2) is 4.99 Å². The fourth-order valence-corrected chi connectivity index (χ4v) is 4.27. The summed E-state index contributed by atoms with van der Waals surface area (Å²) >= 11 is 1.90. The molecule has 1 aliphatic carbocycles. The smallest absolute Gasteiger partial charge is 0.157 e. The van der Waals surface area contributed by atoms with Gasteiger partial charge in [-0.3, -0.25) is 4.99 Å². The van der Waals surface area contributed by atoms with E-state index in [0.29, 0.717) is 22.1 Å². The molecule has 2 fully saturated rings. The fraction of sp³-hybridized carbons (Fsp3) is 0.929. The van der Waals surface area contributed by atoms with Crippen LogP contribution < -0.4 is 5.32 Å². The summed E-state index contributed by atoms with van der Waals surface area (Å²) in [4.78, 5) is 4.81. The molecule has 0 spiro atoms. The Morgan fingerprint density at radius 3 is 2.29 bits per heavy atom. The van der Waals surface area contributed by atoms with Crippen molar-refractivity contribution in [2.24, 2.45) is 21.7 Å². The van der Waals surface area contributed by atoms with E-state index >= 15 is 0 Å². The minimum Gasteiger partial charge on any atom is -0.362 e. The Labute approximate surface area is 110 Å². The van der Waals surface area contributed by atoms with Crippen LogP contribution in [0.3, 0.4) is 0 Å². The largest absolute Gasteiger partial charge is 0.362 e. The van der Waals surface area contributed by atoms with Crippen LogP contribution in [0.25, 0.3) is 0 Å². The molecule has 2 unspecified atom stereocenters. The lowest BCUT2D eigenvalue weighted by atomic mass is 10.0. The van der Waals surface area contributed by atoms with Gasteiger partial charge < -0.3 is 5.32 Å². The minimum atomic E-state index is 0.452. The quantitative estimate of drug-likeness (QED) is 0.815. The molecule has 1 saturated heterocycles. The monoisotopic (exact) mass is 254 g/mol. The third-order valence-electron chi connectivity index (χ3n) is 5.11. The third-order valence-corrected chi connectivity index (χ3v) is 6.17. The van der Waals surface area contributed by atoms with Gasteiger partial charge in [-0.1, -0.05) is 46.4 Å². The van der Waals surface area contributed by atoms with Crippen molar-refractivity contribution in [3.63, 3.8) is 0 Å². The van der Waals surface area contributed by atoms with Crippen LogP contribution in [0.5, 0.6) is 0 Å². The predicted molar refractivity (Wildman–Crippen MR) is 77.6 cm³/mol. The number of nitrogens with zero attached hydrogens (tertiary/aromatic N) is 1. The lowest BCUT2D eigenvalue weighted by Crippen LogP contribution is -2.38. The van der Waals surface area contributed by atoms with E-state index in [1.54, 1.807) is 0 Å². The predicted octanol–water partition coefficient (Wildman–Crippen LogP) is 3.53. The molecule has 2 nitrogen and oxygen atoms in total. The first-order valence-corrected chi connectivity index (χ1v) is 7.60. The molecule has 98 valence electrons. The molecule has 1 aliphatic heterocycles. The van der Waals surface area contributed by atoms with Crippen molar-refractivity contribution in [2.75, 3.05) is 6.54 Å². The molecule has 2 rings (SSSR count). The van der Waals surface area contributed by atoms with Gasteiger partial charge in [0, 0.05) is 17.8 Å². The zero-order valence-electron chi connectivity index (χ0n) is 12.0. The summed E-state index contributed by atoms with van der Waals surface area (Å²) in [7, 11) is 0. The van der Waals surface area contributed by atoms with Crippen LogP contribution in [0, 0.1) is 16.7 Å². The molecule has 0 aromatic heterocycles. The maximum Gasteiger partial charge on any atom is 0.157 e. The van der Waals surface area contributed by atoms with Gasteiger partial charge in [0.05, 0.1) is 0 Å². The van der Waals surface area contributed by atoms with E-state index in [9.17, 15) is 0 Å². The molecule has 1 heterocycles. The topological polar surface area (TPSA) is 24.4 Å². The lowest BCUT2D eigenvalue weighted by molar-refractivity contribution is 0.457. The van der Waals surface area contributed by atoms with Crippen molar-refractivity contribution in [3.8, 4) is 0 Å². The number of thioether (sulfide) groups is 1. The van der Waals surface area contributed by atoms with Gasteiger partial charge in [0.2, 0.25) is 0 Å². The van der Waals surface area contributed by atoms with Gasteiger partial charge in [0.25, 0.3) is 0 Å². The average molecular weight is 254 g/mol. The van der Waals surface area contributed by atoms with Crippen molar-refractivity contribution in [2.45, 2.75) is 59.3 Å².